The molecular formula is C8H10F2NO3-. The molecule has 2 aliphatic rings. The largest absolute Gasteiger partial charge is 0.548 e. The molecule has 0 aliphatic carbocycles. The lowest BCUT2D eigenvalue weighted by Gasteiger charge is -2.38. The summed E-state index contributed by atoms with van der Waals surface area (Å²) in [5, 5.41) is 10.6. The van der Waals surface area contributed by atoms with Crippen LogP contribution < -0.4 is 5.11 Å². The first-order valence-corrected chi connectivity index (χ1v) is 4.42. The van der Waals surface area contributed by atoms with Gasteiger partial charge in [-0.2, -0.15) is 0 Å². The Kier molecular flexibility index (Phi) is 2.19. The number of ether oxygens (including phenoxy) is 1. The third kappa shape index (κ3) is 1.59. The Bertz CT molecular complexity index is 255. The molecule has 4 nitrogen and oxygen atoms in total. The first-order chi connectivity index (χ1) is 6.49. The van der Waals surface area contributed by atoms with E-state index < -0.39 is 30.9 Å². The van der Waals surface area contributed by atoms with Crippen LogP contribution in [0.4, 0.5) is 8.78 Å². The number of likely N-dealkylation sites (tertiary alicyclic amines) is 1. The van der Waals surface area contributed by atoms with Crippen LogP contribution in [0.3, 0.4) is 0 Å². The van der Waals surface area contributed by atoms with Gasteiger partial charge in [0.15, 0.2) is 0 Å². The Labute approximate surface area is 79.4 Å². The molecule has 80 valence electrons. The zero-order valence-electron chi connectivity index (χ0n) is 7.41. The average Bonchev–Trinajstić information content (AvgIpc) is 2.22. The highest BCUT2D eigenvalue weighted by Gasteiger charge is 2.49. The number of aliphatic carboxylic acids is 1. The summed E-state index contributed by atoms with van der Waals surface area (Å²) in [6, 6.07) is -1.36. The van der Waals surface area contributed by atoms with Crippen molar-refractivity contribution in [1.82, 2.24) is 4.90 Å². The summed E-state index contributed by atoms with van der Waals surface area (Å²) < 4.78 is 30.7. The molecule has 0 bridgehead atoms. The summed E-state index contributed by atoms with van der Waals surface area (Å²) in [7, 11) is 0. The first kappa shape index (κ1) is 9.79. The average molecular weight is 206 g/mol. The van der Waals surface area contributed by atoms with Gasteiger partial charge >= 0.3 is 0 Å². The van der Waals surface area contributed by atoms with Gasteiger partial charge in [-0.05, 0) is 0 Å². The van der Waals surface area contributed by atoms with Crippen molar-refractivity contribution < 1.29 is 23.4 Å². The molecule has 0 aromatic carbocycles. The van der Waals surface area contributed by atoms with Gasteiger partial charge in [-0.15, -0.1) is 0 Å². The summed E-state index contributed by atoms with van der Waals surface area (Å²) in [4.78, 5) is 11.9. The van der Waals surface area contributed by atoms with Gasteiger partial charge in [-0.3, -0.25) is 4.90 Å². The van der Waals surface area contributed by atoms with Crippen LogP contribution in [0.1, 0.15) is 6.42 Å². The third-order valence-corrected chi connectivity index (χ3v) is 2.67. The van der Waals surface area contributed by atoms with Crippen LogP contribution in [0.15, 0.2) is 0 Å². The maximum atomic E-state index is 13.0. The van der Waals surface area contributed by atoms with Gasteiger partial charge in [0.05, 0.1) is 37.8 Å². The quantitative estimate of drug-likeness (QED) is 0.572. The smallest absolute Gasteiger partial charge is 0.262 e. The van der Waals surface area contributed by atoms with E-state index in [1.165, 1.54) is 4.90 Å². The van der Waals surface area contributed by atoms with Gasteiger partial charge in [0, 0.05) is 6.42 Å². The number of hydrogen-bond donors (Lipinski definition) is 0. The molecule has 14 heavy (non-hydrogen) atoms. The minimum absolute atomic E-state index is 0.189. The Morgan fingerprint density at radius 1 is 1.50 bits per heavy atom. The monoisotopic (exact) mass is 206 g/mol. The van der Waals surface area contributed by atoms with Gasteiger partial charge in [-0.25, -0.2) is 8.78 Å². The van der Waals surface area contributed by atoms with Gasteiger partial charge in [-0.1, -0.05) is 0 Å². The predicted molar refractivity (Wildman–Crippen MR) is 39.7 cm³/mol. The Morgan fingerprint density at radius 3 is 2.57 bits per heavy atom. The maximum absolute atomic E-state index is 13.0. The summed E-state index contributed by atoms with van der Waals surface area (Å²) in [6.07, 6.45) is -0.647. The molecule has 6 heteroatoms. The minimum Gasteiger partial charge on any atom is -0.548 e. The molecule has 0 aromatic heterocycles. The number of nitrogens with zero attached hydrogens (tertiary/aromatic N) is 1. The molecule has 2 fully saturated rings. The molecule has 0 spiro atoms. The summed E-state index contributed by atoms with van der Waals surface area (Å²) in [6.45, 7) is 0.166. The molecule has 2 heterocycles. The summed E-state index contributed by atoms with van der Waals surface area (Å²) in [5.41, 5.74) is 0. The molecule has 0 N–H and O–H groups in total. The van der Waals surface area contributed by atoms with Gasteiger partial charge in [0.2, 0.25) is 0 Å². The highest BCUT2D eigenvalue weighted by molar-refractivity contribution is 5.72. The second-order valence-electron chi connectivity index (χ2n) is 3.76. The van der Waals surface area contributed by atoms with E-state index in [-0.39, 0.29) is 6.04 Å². The number of rotatable bonds is 2. The number of halogens is 2. The van der Waals surface area contributed by atoms with E-state index in [1.54, 1.807) is 0 Å². The van der Waals surface area contributed by atoms with E-state index in [4.69, 9.17) is 4.74 Å². The fourth-order valence-corrected chi connectivity index (χ4v) is 1.86. The number of hydrogen-bond acceptors (Lipinski definition) is 4. The van der Waals surface area contributed by atoms with Crippen LogP contribution in [-0.2, 0) is 9.53 Å². The van der Waals surface area contributed by atoms with E-state index in [0.717, 1.165) is 0 Å². The standard InChI is InChI=1S/C8H11F2NO3/c9-8(10)1-6(7(12)13)11(4-8)5-2-14-3-5/h5-6H,1-4H2,(H,12,13)/p-1/t6-/m0/s1. The Balaban J connectivity index is 2.09. The van der Waals surface area contributed by atoms with E-state index in [2.05, 4.69) is 0 Å². The number of carboxylic acids is 1. The van der Waals surface area contributed by atoms with Crippen molar-refractivity contribution in [3.8, 4) is 0 Å². The van der Waals surface area contributed by atoms with Crippen molar-refractivity contribution in [3.05, 3.63) is 0 Å². The lowest BCUT2D eigenvalue weighted by Crippen LogP contribution is -2.55. The van der Waals surface area contributed by atoms with Gasteiger partial charge < -0.3 is 14.6 Å². The number of carbonyl (C=O) groups excluding carboxylic acids is 1. The summed E-state index contributed by atoms with van der Waals surface area (Å²) in [5.74, 6) is -4.34. The second-order valence-corrected chi connectivity index (χ2v) is 3.76. The number of carbonyl (C=O) groups is 1. The number of alkyl halides is 2. The third-order valence-electron chi connectivity index (χ3n) is 2.67. The van der Waals surface area contributed by atoms with Gasteiger partial charge in [0.25, 0.3) is 5.92 Å². The molecule has 0 saturated carbocycles. The molecule has 2 rings (SSSR count). The molecule has 2 saturated heterocycles. The zero-order valence-corrected chi connectivity index (χ0v) is 7.41. The lowest BCUT2D eigenvalue weighted by atomic mass is 10.1. The molecule has 0 amide bonds. The SMILES string of the molecule is O=C([O-])[C@@H]1CC(F)(F)CN1C1COC1. The molecular weight excluding hydrogens is 196 g/mol. The lowest BCUT2D eigenvalue weighted by molar-refractivity contribution is -0.312. The molecule has 0 unspecified atom stereocenters. The summed E-state index contributed by atoms with van der Waals surface area (Å²) >= 11 is 0. The highest BCUT2D eigenvalue weighted by atomic mass is 19.3. The minimum atomic E-state index is -2.92. The van der Waals surface area contributed by atoms with Crippen LogP contribution in [0.2, 0.25) is 0 Å². The second kappa shape index (κ2) is 3.13. The Hall–Kier alpha value is -0.750. The fourth-order valence-electron chi connectivity index (χ4n) is 1.86. The van der Waals surface area contributed by atoms with Crippen molar-refractivity contribution in [2.75, 3.05) is 19.8 Å². The van der Waals surface area contributed by atoms with Crippen molar-refractivity contribution in [2.45, 2.75) is 24.4 Å². The van der Waals surface area contributed by atoms with Crippen LogP contribution in [-0.4, -0.2) is 48.6 Å². The first-order valence-electron chi connectivity index (χ1n) is 4.42. The highest BCUT2D eigenvalue weighted by Crippen LogP contribution is 2.34. The van der Waals surface area contributed by atoms with Crippen molar-refractivity contribution >= 4 is 5.97 Å². The van der Waals surface area contributed by atoms with Crippen molar-refractivity contribution in [1.29, 1.82) is 0 Å². The van der Waals surface area contributed by atoms with Crippen LogP contribution >= 0.6 is 0 Å². The van der Waals surface area contributed by atoms with E-state index in [1.807, 2.05) is 0 Å². The topological polar surface area (TPSA) is 52.6 Å². The Morgan fingerprint density at radius 2 is 2.14 bits per heavy atom. The van der Waals surface area contributed by atoms with E-state index in [0.29, 0.717) is 13.2 Å². The van der Waals surface area contributed by atoms with Crippen LogP contribution in [0.25, 0.3) is 0 Å². The van der Waals surface area contributed by atoms with Gasteiger partial charge in [0.1, 0.15) is 0 Å². The van der Waals surface area contributed by atoms with E-state index in [9.17, 15) is 18.7 Å². The molecule has 2 aliphatic heterocycles. The molecule has 1 atom stereocenters. The van der Waals surface area contributed by atoms with Crippen LogP contribution in [0, 0.1) is 0 Å². The predicted octanol–water partition coefficient (Wildman–Crippen LogP) is -1.16. The zero-order chi connectivity index (χ0) is 10.3. The number of carboxylic acid groups (broad SMARTS) is 1. The van der Waals surface area contributed by atoms with Crippen molar-refractivity contribution in [3.63, 3.8) is 0 Å². The van der Waals surface area contributed by atoms with E-state index >= 15 is 0 Å². The normalized spacial score (nSPS) is 32.9. The maximum Gasteiger partial charge on any atom is 0.262 e. The molecule has 0 radical (unpaired) electrons. The van der Waals surface area contributed by atoms with Crippen molar-refractivity contribution in [2.24, 2.45) is 0 Å². The molecule has 0 aromatic rings. The fraction of sp³-hybridized carbons (Fsp3) is 0.875. The van der Waals surface area contributed by atoms with Crippen LogP contribution in [0.5, 0.6) is 0 Å².